The van der Waals surface area contributed by atoms with Crippen LogP contribution in [0.25, 0.3) is 0 Å². The molecule has 142 valence electrons. The van der Waals surface area contributed by atoms with Crippen molar-refractivity contribution >= 4 is 5.91 Å². The number of furan rings is 1. The number of hydrogen-bond acceptors (Lipinski definition) is 6. The Labute approximate surface area is 158 Å². The van der Waals surface area contributed by atoms with Crippen molar-refractivity contribution in [2.75, 3.05) is 39.4 Å². The topological polar surface area (TPSA) is 87.7 Å². The molecule has 0 unspecified atom stereocenters. The smallest absolute Gasteiger partial charge is 0.286 e. The third-order valence-electron chi connectivity index (χ3n) is 4.30. The van der Waals surface area contributed by atoms with Gasteiger partial charge >= 0.3 is 0 Å². The molecule has 2 aromatic rings. The third kappa shape index (κ3) is 5.58. The summed E-state index contributed by atoms with van der Waals surface area (Å²) in [4.78, 5) is 14.5. The molecule has 0 atom stereocenters. The summed E-state index contributed by atoms with van der Waals surface area (Å²) >= 11 is 0. The molecule has 1 fully saturated rings. The number of nitrogens with zero attached hydrogens (tertiary/aromatic N) is 2. The van der Waals surface area contributed by atoms with Crippen LogP contribution in [-0.4, -0.2) is 50.2 Å². The lowest BCUT2D eigenvalue weighted by Gasteiger charge is -2.26. The highest BCUT2D eigenvalue weighted by atomic mass is 16.5. The van der Waals surface area contributed by atoms with Crippen LogP contribution in [0.1, 0.15) is 28.3 Å². The SMILES string of the molecule is N#Cc1ccccc1OCc1ccc(C(=O)NCCCN2CCOCC2)o1. The molecule has 0 saturated carbocycles. The van der Waals surface area contributed by atoms with Gasteiger partial charge in [0.1, 0.15) is 24.2 Å². The molecule has 0 radical (unpaired) electrons. The van der Waals surface area contributed by atoms with Gasteiger partial charge in [0.25, 0.3) is 5.91 Å². The van der Waals surface area contributed by atoms with Gasteiger partial charge in [-0.1, -0.05) is 12.1 Å². The zero-order chi connectivity index (χ0) is 18.9. The van der Waals surface area contributed by atoms with Gasteiger partial charge in [-0.2, -0.15) is 5.26 Å². The van der Waals surface area contributed by atoms with Gasteiger partial charge < -0.3 is 19.2 Å². The predicted octanol–water partition coefficient (Wildman–Crippen LogP) is 2.18. The van der Waals surface area contributed by atoms with E-state index >= 15 is 0 Å². The first-order valence-corrected chi connectivity index (χ1v) is 9.05. The van der Waals surface area contributed by atoms with Crippen molar-refractivity contribution in [2.24, 2.45) is 0 Å². The van der Waals surface area contributed by atoms with Crippen LogP contribution in [0.15, 0.2) is 40.8 Å². The second kappa shape index (κ2) is 9.76. The van der Waals surface area contributed by atoms with Gasteiger partial charge in [0, 0.05) is 19.6 Å². The summed E-state index contributed by atoms with van der Waals surface area (Å²) in [6.07, 6.45) is 0.882. The van der Waals surface area contributed by atoms with Crippen molar-refractivity contribution in [3.8, 4) is 11.8 Å². The Bertz CT molecular complexity index is 791. The number of amides is 1. The number of benzene rings is 1. The molecule has 7 nitrogen and oxygen atoms in total. The van der Waals surface area contributed by atoms with E-state index in [9.17, 15) is 4.79 Å². The highest BCUT2D eigenvalue weighted by molar-refractivity contribution is 5.91. The second-order valence-corrected chi connectivity index (χ2v) is 6.23. The second-order valence-electron chi connectivity index (χ2n) is 6.23. The van der Waals surface area contributed by atoms with Crippen molar-refractivity contribution in [1.29, 1.82) is 5.26 Å². The normalized spacial score (nSPS) is 14.5. The first kappa shape index (κ1) is 19.0. The van der Waals surface area contributed by atoms with Gasteiger partial charge in [0.15, 0.2) is 5.76 Å². The lowest BCUT2D eigenvalue weighted by atomic mass is 10.2. The molecule has 1 aromatic heterocycles. The molecule has 0 bridgehead atoms. The Morgan fingerprint density at radius 1 is 1.22 bits per heavy atom. The molecular weight excluding hydrogens is 346 g/mol. The minimum absolute atomic E-state index is 0.156. The fourth-order valence-electron chi connectivity index (χ4n) is 2.83. The summed E-state index contributed by atoms with van der Waals surface area (Å²) < 4.78 is 16.5. The molecule has 3 rings (SSSR count). The standard InChI is InChI=1S/C20H23N3O4/c21-14-16-4-1-2-5-18(16)26-15-17-6-7-19(27-17)20(24)22-8-3-9-23-10-12-25-13-11-23/h1-2,4-7H,3,8-13,15H2,(H,22,24). The van der Waals surface area contributed by atoms with Crippen LogP contribution in [-0.2, 0) is 11.3 Å². The van der Waals surface area contributed by atoms with Gasteiger partial charge in [-0.3, -0.25) is 9.69 Å². The fraction of sp³-hybridized carbons (Fsp3) is 0.400. The third-order valence-corrected chi connectivity index (χ3v) is 4.30. The molecule has 1 N–H and O–H groups in total. The Kier molecular flexibility index (Phi) is 6.85. The largest absolute Gasteiger partial charge is 0.484 e. The number of nitrogens with one attached hydrogen (secondary N) is 1. The molecule has 1 aromatic carbocycles. The molecule has 1 aliphatic heterocycles. The van der Waals surface area contributed by atoms with Crippen molar-refractivity contribution < 1.29 is 18.7 Å². The summed E-state index contributed by atoms with van der Waals surface area (Å²) in [5, 5.41) is 11.9. The summed E-state index contributed by atoms with van der Waals surface area (Å²) in [7, 11) is 0. The highest BCUT2D eigenvalue weighted by Gasteiger charge is 2.13. The van der Waals surface area contributed by atoms with E-state index in [2.05, 4.69) is 16.3 Å². The highest BCUT2D eigenvalue weighted by Crippen LogP contribution is 2.19. The fourth-order valence-corrected chi connectivity index (χ4v) is 2.83. The maximum absolute atomic E-state index is 12.2. The Hall–Kier alpha value is -2.82. The van der Waals surface area contributed by atoms with Crippen LogP contribution in [0.3, 0.4) is 0 Å². The Morgan fingerprint density at radius 2 is 2.04 bits per heavy atom. The van der Waals surface area contributed by atoms with Crippen LogP contribution in [0.5, 0.6) is 5.75 Å². The van der Waals surface area contributed by atoms with Gasteiger partial charge in [0.05, 0.1) is 18.8 Å². The van der Waals surface area contributed by atoms with Gasteiger partial charge in [-0.25, -0.2) is 0 Å². The van der Waals surface area contributed by atoms with E-state index in [-0.39, 0.29) is 18.3 Å². The molecule has 1 saturated heterocycles. The first-order valence-electron chi connectivity index (χ1n) is 9.05. The summed E-state index contributed by atoms with van der Waals surface area (Å²) in [5.74, 6) is 1.04. The van der Waals surface area contributed by atoms with Crippen LogP contribution in [0, 0.1) is 11.3 Å². The van der Waals surface area contributed by atoms with Crippen molar-refractivity contribution in [3.63, 3.8) is 0 Å². The number of ether oxygens (including phenoxy) is 2. The Morgan fingerprint density at radius 3 is 2.85 bits per heavy atom. The number of carbonyl (C=O) groups is 1. The van der Waals surface area contributed by atoms with Crippen molar-refractivity contribution in [3.05, 3.63) is 53.5 Å². The minimum atomic E-state index is -0.236. The van der Waals surface area contributed by atoms with Gasteiger partial charge in [0.2, 0.25) is 0 Å². The maximum Gasteiger partial charge on any atom is 0.286 e. The van der Waals surface area contributed by atoms with E-state index in [0.29, 0.717) is 23.6 Å². The van der Waals surface area contributed by atoms with Crippen LogP contribution in [0.4, 0.5) is 0 Å². The summed E-state index contributed by atoms with van der Waals surface area (Å²) in [6.45, 7) is 5.15. The molecule has 7 heteroatoms. The van der Waals surface area contributed by atoms with E-state index in [0.717, 1.165) is 39.3 Å². The first-order chi connectivity index (χ1) is 13.3. The van der Waals surface area contributed by atoms with Crippen LogP contribution >= 0.6 is 0 Å². The number of morpholine rings is 1. The number of rotatable bonds is 8. The van der Waals surface area contributed by atoms with E-state index in [1.165, 1.54) is 0 Å². The molecule has 1 amide bonds. The average molecular weight is 369 g/mol. The molecule has 27 heavy (non-hydrogen) atoms. The zero-order valence-electron chi connectivity index (χ0n) is 15.1. The molecule has 1 aliphatic rings. The predicted molar refractivity (Wildman–Crippen MR) is 98.4 cm³/mol. The number of hydrogen-bond donors (Lipinski definition) is 1. The van der Waals surface area contributed by atoms with Crippen LogP contribution < -0.4 is 10.1 Å². The average Bonchev–Trinajstić information content (AvgIpc) is 3.19. The number of nitriles is 1. The summed E-state index contributed by atoms with van der Waals surface area (Å²) in [6, 6.07) is 12.4. The van der Waals surface area contributed by atoms with E-state index in [1.807, 2.05) is 0 Å². The quantitative estimate of drug-likeness (QED) is 0.718. The monoisotopic (exact) mass is 369 g/mol. The molecular formula is C20H23N3O4. The van der Waals surface area contributed by atoms with E-state index < -0.39 is 0 Å². The Balaban J connectivity index is 1.41. The minimum Gasteiger partial charge on any atom is -0.484 e. The van der Waals surface area contributed by atoms with E-state index in [1.54, 1.807) is 36.4 Å². The number of para-hydroxylation sites is 1. The van der Waals surface area contributed by atoms with Crippen molar-refractivity contribution in [1.82, 2.24) is 10.2 Å². The maximum atomic E-state index is 12.2. The zero-order valence-corrected chi connectivity index (χ0v) is 15.1. The van der Waals surface area contributed by atoms with Gasteiger partial charge in [-0.05, 0) is 37.2 Å². The van der Waals surface area contributed by atoms with Crippen LogP contribution in [0.2, 0.25) is 0 Å². The van der Waals surface area contributed by atoms with E-state index in [4.69, 9.17) is 19.2 Å². The lowest BCUT2D eigenvalue weighted by Crippen LogP contribution is -2.38. The summed E-state index contributed by atoms with van der Waals surface area (Å²) in [5.41, 5.74) is 0.460. The molecule has 0 spiro atoms. The molecule has 2 heterocycles. The van der Waals surface area contributed by atoms with Gasteiger partial charge in [-0.15, -0.1) is 0 Å². The lowest BCUT2D eigenvalue weighted by molar-refractivity contribution is 0.0374. The molecule has 0 aliphatic carbocycles. The number of carbonyl (C=O) groups excluding carboxylic acids is 1. The van der Waals surface area contributed by atoms with Crippen molar-refractivity contribution in [2.45, 2.75) is 13.0 Å².